The lowest BCUT2D eigenvalue weighted by Crippen LogP contribution is -2.21. The van der Waals surface area contributed by atoms with Crippen LogP contribution in [0.1, 0.15) is 18.4 Å². The summed E-state index contributed by atoms with van der Waals surface area (Å²) in [7, 11) is 1.65. The van der Waals surface area contributed by atoms with E-state index in [9.17, 15) is 0 Å². The van der Waals surface area contributed by atoms with Gasteiger partial charge >= 0.3 is 0 Å². The summed E-state index contributed by atoms with van der Waals surface area (Å²) in [6.07, 6.45) is 2.32. The van der Waals surface area contributed by atoms with Crippen molar-refractivity contribution in [3.63, 3.8) is 0 Å². The van der Waals surface area contributed by atoms with E-state index in [2.05, 4.69) is 49.5 Å². The monoisotopic (exact) mass is 412 g/mol. The maximum atomic E-state index is 5.21. The number of benzene rings is 2. The minimum Gasteiger partial charge on any atom is -0.497 e. The van der Waals surface area contributed by atoms with Crippen molar-refractivity contribution in [3.8, 4) is 5.75 Å². The average Bonchev–Trinajstić information content (AvgIpc) is 3.25. The molecule has 1 aliphatic heterocycles. The number of aryl methyl sites for hydroxylation is 1. The topological polar surface area (TPSA) is 75.2 Å². The minimum absolute atomic E-state index is 0. The second-order valence-electron chi connectivity index (χ2n) is 6.82. The Kier molecular flexibility index (Phi) is 6.72. The van der Waals surface area contributed by atoms with Gasteiger partial charge in [0.05, 0.1) is 7.11 Å². The van der Waals surface area contributed by atoms with Crippen molar-refractivity contribution in [2.75, 3.05) is 35.7 Å². The first-order valence-corrected chi connectivity index (χ1v) is 9.45. The van der Waals surface area contributed by atoms with Gasteiger partial charge in [-0.25, -0.2) is 0 Å². The summed E-state index contributed by atoms with van der Waals surface area (Å²) in [5.74, 6) is 2.53. The highest BCUT2D eigenvalue weighted by Crippen LogP contribution is 2.23. The van der Waals surface area contributed by atoms with E-state index >= 15 is 0 Å². The molecule has 8 heteroatoms. The molecular formula is C21H25ClN6O. The average molecular weight is 413 g/mol. The molecule has 1 fully saturated rings. The van der Waals surface area contributed by atoms with E-state index in [1.165, 1.54) is 5.56 Å². The van der Waals surface area contributed by atoms with Crippen molar-refractivity contribution >= 4 is 41.6 Å². The number of aromatic nitrogens is 3. The fourth-order valence-corrected chi connectivity index (χ4v) is 3.10. The molecule has 0 saturated carbocycles. The van der Waals surface area contributed by atoms with E-state index in [-0.39, 0.29) is 12.4 Å². The van der Waals surface area contributed by atoms with Crippen LogP contribution in [0, 0.1) is 6.92 Å². The first-order chi connectivity index (χ1) is 13.7. The molecule has 0 bridgehead atoms. The minimum atomic E-state index is 0. The number of hydrogen-bond donors (Lipinski definition) is 2. The third-order valence-electron chi connectivity index (χ3n) is 4.67. The zero-order valence-corrected chi connectivity index (χ0v) is 17.4. The van der Waals surface area contributed by atoms with Gasteiger partial charge in [0.1, 0.15) is 5.75 Å². The van der Waals surface area contributed by atoms with Gasteiger partial charge < -0.3 is 20.3 Å². The lowest BCUT2D eigenvalue weighted by Gasteiger charge is -2.17. The van der Waals surface area contributed by atoms with E-state index in [0.717, 1.165) is 43.1 Å². The molecule has 2 aromatic carbocycles. The summed E-state index contributed by atoms with van der Waals surface area (Å²) in [6, 6.07) is 15.8. The Morgan fingerprint density at radius 3 is 1.83 bits per heavy atom. The molecule has 29 heavy (non-hydrogen) atoms. The largest absolute Gasteiger partial charge is 0.497 e. The normalized spacial score (nSPS) is 13.0. The lowest BCUT2D eigenvalue weighted by molar-refractivity contribution is 0.415. The van der Waals surface area contributed by atoms with E-state index in [1.54, 1.807) is 7.11 Å². The predicted molar refractivity (Wildman–Crippen MR) is 119 cm³/mol. The molecular weight excluding hydrogens is 388 g/mol. The molecule has 0 spiro atoms. The molecule has 1 saturated heterocycles. The quantitative estimate of drug-likeness (QED) is 0.607. The van der Waals surface area contributed by atoms with Gasteiger partial charge in [-0.2, -0.15) is 15.0 Å². The standard InChI is InChI=1S/C21H24N6O.ClH/c1-15-5-7-16(8-6-15)22-19-24-20(23-17-9-11-18(28-2)12-10-17)26-21(25-19)27-13-3-4-14-27;/h5-12H,3-4,13-14H2,1-2H3,(H2,22,23,24,25,26);1H. The van der Waals surface area contributed by atoms with E-state index < -0.39 is 0 Å². The van der Waals surface area contributed by atoms with Crippen LogP contribution in [0.5, 0.6) is 5.75 Å². The third kappa shape index (κ3) is 5.26. The number of rotatable bonds is 6. The van der Waals surface area contributed by atoms with Crippen LogP contribution in [-0.2, 0) is 0 Å². The zero-order chi connectivity index (χ0) is 19.3. The second kappa shape index (κ2) is 9.43. The molecule has 1 aromatic heterocycles. The lowest BCUT2D eigenvalue weighted by atomic mass is 10.2. The van der Waals surface area contributed by atoms with Gasteiger partial charge in [0.25, 0.3) is 0 Å². The Hall–Kier alpha value is -3.06. The Morgan fingerprint density at radius 2 is 1.31 bits per heavy atom. The van der Waals surface area contributed by atoms with Crippen LogP contribution in [0.15, 0.2) is 48.5 Å². The van der Waals surface area contributed by atoms with Gasteiger partial charge in [0, 0.05) is 24.5 Å². The van der Waals surface area contributed by atoms with Crippen LogP contribution < -0.4 is 20.3 Å². The number of halogens is 1. The van der Waals surface area contributed by atoms with Gasteiger partial charge in [-0.05, 0) is 56.2 Å². The maximum Gasteiger partial charge on any atom is 0.233 e. The van der Waals surface area contributed by atoms with Gasteiger partial charge in [-0.1, -0.05) is 17.7 Å². The summed E-state index contributed by atoms with van der Waals surface area (Å²) in [4.78, 5) is 16.0. The first-order valence-electron chi connectivity index (χ1n) is 9.45. The number of ether oxygens (including phenoxy) is 1. The molecule has 152 valence electrons. The van der Waals surface area contributed by atoms with Crippen molar-refractivity contribution < 1.29 is 4.74 Å². The van der Waals surface area contributed by atoms with Gasteiger partial charge in [-0.3, -0.25) is 0 Å². The summed E-state index contributed by atoms with van der Waals surface area (Å²) in [5.41, 5.74) is 3.04. The highest BCUT2D eigenvalue weighted by atomic mass is 35.5. The Morgan fingerprint density at radius 1 is 0.793 bits per heavy atom. The van der Waals surface area contributed by atoms with Crippen molar-refractivity contribution in [2.45, 2.75) is 19.8 Å². The summed E-state index contributed by atoms with van der Waals surface area (Å²) in [5, 5.41) is 6.56. The molecule has 0 aliphatic carbocycles. The number of methoxy groups -OCH3 is 1. The number of nitrogens with zero attached hydrogens (tertiary/aromatic N) is 4. The van der Waals surface area contributed by atoms with Crippen LogP contribution in [0.25, 0.3) is 0 Å². The molecule has 0 atom stereocenters. The van der Waals surface area contributed by atoms with E-state index in [1.807, 2.05) is 36.4 Å². The second-order valence-corrected chi connectivity index (χ2v) is 6.82. The SMILES string of the molecule is COc1ccc(Nc2nc(Nc3ccc(C)cc3)nc(N3CCCC3)n2)cc1.Cl. The highest BCUT2D eigenvalue weighted by molar-refractivity contribution is 5.85. The number of anilines is 5. The summed E-state index contributed by atoms with van der Waals surface area (Å²) < 4.78 is 5.21. The van der Waals surface area contributed by atoms with Crippen molar-refractivity contribution in [2.24, 2.45) is 0 Å². The van der Waals surface area contributed by atoms with Crippen molar-refractivity contribution in [3.05, 3.63) is 54.1 Å². The molecule has 0 unspecified atom stereocenters. The predicted octanol–water partition coefficient (Wildman–Crippen LogP) is 4.70. The fourth-order valence-electron chi connectivity index (χ4n) is 3.10. The first kappa shape index (κ1) is 20.7. The van der Waals surface area contributed by atoms with Crippen LogP contribution in [0.2, 0.25) is 0 Å². The summed E-state index contributed by atoms with van der Waals surface area (Å²) >= 11 is 0. The fraction of sp³-hybridized carbons (Fsp3) is 0.286. The molecule has 1 aliphatic rings. The van der Waals surface area contributed by atoms with Crippen LogP contribution in [0.3, 0.4) is 0 Å². The molecule has 0 radical (unpaired) electrons. The smallest absolute Gasteiger partial charge is 0.233 e. The molecule has 2 N–H and O–H groups in total. The number of nitrogens with one attached hydrogen (secondary N) is 2. The van der Waals surface area contributed by atoms with Gasteiger partial charge in [0.15, 0.2) is 0 Å². The van der Waals surface area contributed by atoms with Crippen LogP contribution in [0.4, 0.5) is 29.2 Å². The highest BCUT2D eigenvalue weighted by Gasteiger charge is 2.17. The van der Waals surface area contributed by atoms with Crippen molar-refractivity contribution in [1.82, 2.24) is 15.0 Å². The number of hydrogen-bond acceptors (Lipinski definition) is 7. The maximum absolute atomic E-state index is 5.21. The molecule has 2 heterocycles. The van der Waals surface area contributed by atoms with Gasteiger partial charge in [-0.15, -0.1) is 12.4 Å². The Balaban J connectivity index is 0.00000240. The molecule has 7 nitrogen and oxygen atoms in total. The van der Waals surface area contributed by atoms with Crippen LogP contribution in [-0.4, -0.2) is 35.2 Å². The molecule has 3 aromatic rings. The van der Waals surface area contributed by atoms with E-state index in [0.29, 0.717) is 17.8 Å². The summed E-state index contributed by atoms with van der Waals surface area (Å²) in [6.45, 7) is 4.00. The molecule has 0 amide bonds. The van der Waals surface area contributed by atoms with E-state index in [4.69, 9.17) is 4.74 Å². The van der Waals surface area contributed by atoms with Crippen molar-refractivity contribution in [1.29, 1.82) is 0 Å². The zero-order valence-electron chi connectivity index (χ0n) is 16.6. The van der Waals surface area contributed by atoms with Crippen LogP contribution >= 0.6 is 12.4 Å². The Labute approximate surface area is 177 Å². The molecule has 4 rings (SSSR count). The Bertz CT molecular complexity index is 927. The van der Waals surface area contributed by atoms with Gasteiger partial charge in [0.2, 0.25) is 17.8 Å². The third-order valence-corrected chi connectivity index (χ3v) is 4.67.